The van der Waals surface area contributed by atoms with Crippen molar-refractivity contribution in [2.45, 2.75) is 31.9 Å². The topological polar surface area (TPSA) is 62.3 Å². The molecule has 0 aliphatic carbocycles. The summed E-state index contributed by atoms with van der Waals surface area (Å²) in [5.74, 6) is 0.242. The second kappa shape index (κ2) is 6.68. The molecule has 3 N–H and O–H groups in total. The molecule has 0 saturated carbocycles. The van der Waals surface area contributed by atoms with Gasteiger partial charge in [-0.25, -0.2) is 0 Å². The summed E-state index contributed by atoms with van der Waals surface area (Å²) in [4.78, 5) is 2.40. The smallest absolute Gasteiger partial charge is 0.0924 e. The van der Waals surface area contributed by atoms with Gasteiger partial charge in [0.15, 0.2) is 0 Å². The molecule has 2 rings (SSSR count). The van der Waals surface area contributed by atoms with Crippen LogP contribution in [0.1, 0.15) is 31.4 Å². The highest BCUT2D eigenvalue weighted by molar-refractivity contribution is 5.77. The molecule has 0 spiro atoms. The first-order valence-corrected chi connectivity index (χ1v) is 6.90. The molecule has 0 aromatic heterocycles. The molecule has 4 nitrogen and oxygen atoms in total. The molecular weight excluding hydrogens is 238 g/mol. The highest BCUT2D eigenvalue weighted by Crippen LogP contribution is 2.26. The van der Waals surface area contributed by atoms with Crippen LogP contribution in [0.3, 0.4) is 0 Å². The van der Waals surface area contributed by atoms with Crippen molar-refractivity contribution in [3.8, 4) is 0 Å². The number of amidine groups is 1. The molecule has 1 aliphatic heterocycles. The Morgan fingerprint density at radius 3 is 2.89 bits per heavy atom. The molecule has 4 heteroatoms. The Morgan fingerprint density at radius 2 is 2.21 bits per heavy atom. The van der Waals surface area contributed by atoms with Gasteiger partial charge >= 0.3 is 0 Å². The van der Waals surface area contributed by atoms with Gasteiger partial charge in [-0.3, -0.25) is 10.3 Å². The molecule has 104 valence electrons. The molecule has 0 bridgehead atoms. The van der Waals surface area contributed by atoms with Gasteiger partial charge in [0.25, 0.3) is 0 Å². The fourth-order valence-corrected chi connectivity index (χ4v) is 2.65. The van der Waals surface area contributed by atoms with Gasteiger partial charge in [0.1, 0.15) is 0 Å². The van der Waals surface area contributed by atoms with Gasteiger partial charge in [-0.1, -0.05) is 30.3 Å². The number of hydrogen-bond acceptors (Lipinski definition) is 3. The van der Waals surface area contributed by atoms with Gasteiger partial charge in [0, 0.05) is 32.2 Å². The van der Waals surface area contributed by atoms with Gasteiger partial charge in [-0.05, 0) is 18.9 Å². The Balaban J connectivity index is 2.19. The number of nitrogens with zero attached hydrogens (tertiary/aromatic N) is 1. The van der Waals surface area contributed by atoms with E-state index in [1.165, 1.54) is 5.56 Å². The molecule has 1 aromatic rings. The fourth-order valence-electron chi connectivity index (χ4n) is 2.65. The average Bonchev–Trinajstić information content (AvgIpc) is 2.61. The SMILES string of the molecule is CC1CN(C(CC(=N)N)c2ccccc2)CCCO1. The normalized spacial score (nSPS) is 22.7. The van der Waals surface area contributed by atoms with E-state index in [9.17, 15) is 0 Å². The number of hydrogen-bond donors (Lipinski definition) is 2. The maximum atomic E-state index is 7.62. The van der Waals surface area contributed by atoms with Crippen LogP contribution in [0.15, 0.2) is 30.3 Å². The van der Waals surface area contributed by atoms with E-state index in [2.05, 4.69) is 24.0 Å². The van der Waals surface area contributed by atoms with Crippen LogP contribution in [0.25, 0.3) is 0 Å². The molecule has 1 aromatic carbocycles. The number of benzene rings is 1. The van der Waals surface area contributed by atoms with Crippen molar-refractivity contribution in [1.29, 1.82) is 5.41 Å². The third-order valence-electron chi connectivity index (χ3n) is 3.52. The second-order valence-electron chi connectivity index (χ2n) is 5.19. The third-order valence-corrected chi connectivity index (χ3v) is 3.52. The number of rotatable bonds is 4. The quantitative estimate of drug-likeness (QED) is 0.645. The standard InChI is InChI=1S/C15H23N3O/c1-12-11-18(8-5-9-19-12)14(10-15(16)17)13-6-3-2-4-7-13/h2-4,6-7,12,14H,5,8-11H2,1H3,(H3,16,17). The Kier molecular flexibility index (Phi) is 4.93. The first-order valence-electron chi connectivity index (χ1n) is 6.90. The summed E-state index contributed by atoms with van der Waals surface area (Å²) in [5.41, 5.74) is 6.86. The first-order chi connectivity index (χ1) is 9.16. The highest BCUT2D eigenvalue weighted by atomic mass is 16.5. The van der Waals surface area contributed by atoms with Crippen LogP contribution in [0.2, 0.25) is 0 Å². The number of nitrogens with two attached hydrogens (primary N) is 1. The molecule has 1 saturated heterocycles. The van der Waals surface area contributed by atoms with Crippen molar-refractivity contribution in [3.63, 3.8) is 0 Å². The van der Waals surface area contributed by atoms with Gasteiger partial charge in [0.2, 0.25) is 0 Å². The lowest BCUT2D eigenvalue weighted by Gasteiger charge is -2.31. The van der Waals surface area contributed by atoms with Crippen LogP contribution in [-0.4, -0.2) is 36.5 Å². The van der Waals surface area contributed by atoms with E-state index in [1.807, 2.05) is 18.2 Å². The van der Waals surface area contributed by atoms with E-state index in [4.69, 9.17) is 15.9 Å². The lowest BCUT2D eigenvalue weighted by molar-refractivity contribution is 0.0610. The van der Waals surface area contributed by atoms with Gasteiger partial charge in [-0.15, -0.1) is 0 Å². The molecule has 1 heterocycles. The molecule has 1 aliphatic rings. The lowest BCUT2D eigenvalue weighted by atomic mass is 10.0. The summed E-state index contributed by atoms with van der Waals surface area (Å²) >= 11 is 0. The zero-order chi connectivity index (χ0) is 13.7. The highest BCUT2D eigenvalue weighted by Gasteiger charge is 2.24. The Labute approximate surface area is 115 Å². The molecule has 1 fully saturated rings. The monoisotopic (exact) mass is 261 g/mol. The molecule has 2 atom stereocenters. The summed E-state index contributed by atoms with van der Waals surface area (Å²) in [6.45, 7) is 4.82. The largest absolute Gasteiger partial charge is 0.388 e. The molecular formula is C15H23N3O. The predicted molar refractivity (Wildman–Crippen MR) is 77.3 cm³/mol. The maximum Gasteiger partial charge on any atom is 0.0924 e. The van der Waals surface area contributed by atoms with E-state index in [-0.39, 0.29) is 18.0 Å². The fraction of sp³-hybridized carbons (Fsp3) is 0.533. The third kappa shape index (κ3) is 4.04. The Hall–Kier alpha value is -1.39. The van der Waals surface area contributed by atoms with Crippen molar-refractivity contribution in [2.24, 2.45) is 5.73 Å². The molecule has 0 radical (unpaired) electrons. The summed E-state index contributed by atoms with van der Waals surface area (Å²) in [6.07, 6.45) is 1.85. The van der Waals surface area contributed by atoms with E-state index in [0.717, 1.165) is 26.1 Å². The predicted octanol–water partition coefficient (Wildman–Crippen LogP) is 2.16. The Bertz CT molecular complexity index is 407. The van der Waals surface area contributed by atoms with E-state index in [1.54, 1.807) is 0 Å². The zero-order valence-electron chi connectivity index (χ0n) is 11.5. The first kappa shape index (κ1) is 14.0. The van der Waals surface area contributed by atoms with Crippen LogP contribution < -0.4 is 5.73 Å². The van der Waals surface area contributed by atoms with Crippen molar-refractivity contribution in [1.82, 2.24) is 4.90 Å². The van der Waals surface area contributed by atoms with Crippen LogP contribution >= 0.6 is 0 Å². The van der Waals surface area contributed by atoms with Crippen LogP contribution in [0, 0.1) is 5.41 Å². The van der Waals surface area contributed by atoms with Crippen molar-refractivity contribution < 1.29 is 4.74 Å². The molecule has 0 amide bonds. The average molecular weight is 261 g/mol. The minimum atomic E-state index is 0.183. The van der Waals surface area contributed by atoms with Gasteiger partial charge in [0.05, 0.1) is 11.9 Å². The van der Waals surface area contributed by atoms with Gasteiger partial charge < -0.3 is 10.5 Å². The van der Waals surface area contributed by atoms with E-state index >= 15 is 0 Å². The van der Waals surface area contributed by atoms with Crippen molar-refractivity contribution in [2.75, 3.05) is 19.7 Å². The summed E-state index contributed by atoms with van der Waals surface area (Å²) < 4.78 is 5.70. The maximum absolute atomic E-state index is 7.62. The van der Waals surface area contributed by atoms with Crippen LogP contribution in [-0.2, 0) is 4.74 Å². The number of ether oxygens (including phenoxy) is 1. The minimum absolute atomic E-state index is 0.183. The van der Waals surface area contributed by atoms with Crippen molar-refractivity contribution in [3.05, 3.63) is 35.9 Å². The van der Waals surface area contributed by atoms with Crippen molar-refractivity contribution >= 4 is 5.84 Å². The summed E-state index contributed by atoms with van der Waals surface area (Å²) in [6, 6.07) is 10.5. The number of nitrogens with one attached hydrogen (secondary N) is 1. The lowest BCUT2D eigenvalue weighted by Crippen LogP contribution is -2.36. The van der Waals surface area contributed by atoms with Crippen LogP contribution in [0.5, 0.6) is 0 Å². The zero-order valence-corrected chi connectivity index (χ0v) is 11.5. The summed E-state index contributed by atoms with van der Waals surface area (Å²) in [7, 11) is 0. The van der Waals surface area contributed by atoms with Crippen LogP contribution in [0.4, 0.5) is 0 Å². The minimum Gasteiger partial charge on any atom is -0.388 e. The summed E-state index contributed by atoms with van der Waals surface area (Å²) in [5, 5.41) is 7.62. The van der Waals surface area contributed by atoms with Gasteiger partial charge in [-0.2, -0.15) is 0 Å². The second-order valence-corrected chi connectivity index (χ2v) is 5.19. The van der Waals surface area contributed by atoms with E-state index in [0.29, 0.717) is 6.42 Å². The van der Waals surface area contributed by atoms with E-state index < -0.39 is 0 Å². The molecule has 2 unspecified atom stereocenters. The molecule has 19 heavy (non-hydrogen) atoms. The Morgan fingerprint density at radius 1 is 1.47 bits per heavy atom.